The average Bonchev–Trinajstić information content (AvgIpc) is 2.84. The number of piperidine rings is 1. The van der Waals surface area contributed by atoms with E-state index in [0.29, 0.717) is 25.4 Å². The highest BCUT2D eigenvalue weighted by atomic mass is 32.2. The molecule has 0 N–H and O–H groups in total. The zero-order chi connectivity index (χ0) is 27.0. The Hall–Kier alpha value is -2.73. The fourth-order valence-corrected chi connectivity index (χ4v) is 5.56. The maximum absolute atomic E-state index is 13.0. The zero-order valence-electron chi connectivity index (χ0n) is 21.1. The first kappa shape index (κ1) is 27.3. The molecule has 1 aromatic heterocycles. The molecule has 4 rings (SSSR count). The van der Waals surface area contributed by atoms with Crippen LogP contribution in [-0.4, -0.2) is 78.4 Å². The molecular weight excluding hydrogens is 509 g/mol. The number of hydrogen-bond donors (Lipinski definition) is 0. The molecule has 1 aromatic carbocycles. The lowest BCUT2D eigenvalue weighted by Gasteiger charge is -2.48. The van der Waals surface area contributed by atoms with Crippen molar-refractivity contribution in [2.75, 3.05) is 38.2 Å². The molecule has 0 spiro atoms. The SMILES string of the molecule is Cc1c(OCCS(C)(=O)=O)ccc([C@H]2CCCC3CN(C(=O)c4cnc(C(F)(F)F)nc4)CCN32)c1C. The molecule has 1 unspecified atom stereocenters. The van der Waals surface area contributed by atoms with Crippen molar-refractivity contribution in [3.63, 3.8) is 0 Å². The molecule has 12 heteroatoms. The van der Waals surface area contributed by atoms with Gasteiger partial charge in [-0.15, -0.1) is 0 Å². The van der Waals surface area contributed by atoms with Crippen molar-refractivity contribution in [3.8, 4) is 5.75 Å². The maximum atomic E-state index is 13.0. The summed E-state index contributed by atoms with van der Waals surface area (Å²) in [7, 11) is -3.10. The van der Waals surface area contributed by atoms with Crippen molar-refractivity contribution >= 4 is 15.7 Å². The van der Waals surface area contributed by atoms with Crippen LogP contribution in [0, 0.1) is 13.8 Å². The largest absolute Gasteiger partial charge is 0.492 e. The highest BCUT2D eigenvalue weighted by Gasteiger charge is 2.38. The number of carbonyl (C=O) groups excluding carboxylic acids is 1. The Kier molecular flexibility index (Phi) is 7.80. The maximum Gasteiger partial charge on any atom is 0.451 e. The third-order valence-electron chi connectivity index (χ3n) is 7.23. The van der Waals surface area contributed by atoms with Gasteiger partial charge in [-0.05, 0) is 55.9 Å². The smallest absolute Gasteiger partial charge is 0.451 e. The molecule has 3 heterocycles. The van der Waals surface area contributed by atoms with Crippen LogP contribution >= 0.6 is 0 Å². The topological polar surface area (TPSA) is 92.7 Å². The summed E-state index contributed by atoms with van der Waals surface area (Å²) in [6, 6.07) is 4.25. The predicted octanol–water partition coefficient (Wildman–Crippen LogP) is 3.59. The molecule has 0 saturated carbocycles. The number of rotatable bonds is 6. The van der Waals surface area contributed by atoms with Gasteiger partial charge in [0.2, 0.25) is 5.82 Å². The van der Waals surface area contributed by atoms with Crippen LogP contribution < -0.4 is 4.74 Å². The summed E-state index contributed by atoms with van der Waals surface area (Å²) in [4.78, 5) is 23.7. The summed E-state index contributed by atoms with van der Waals surface area (Å²) in [5.74, 6) is -0.995. The molecule has 0 radical (unpaired) electrons. The summed E-state index contributed by atoms with van der Waals surface area (Å²) in [6.07, 6.45) is 1.31. The fourth-order valence-electron chi connectivity index (χ4n) is 5.17. The van der Waals surface area contributed by atoms with E-state index < -0.39 is 21.8 Å². The van der Waals surface area contributed by atoms with E-state index in [2.05, 4.69) is 14.9 Å². The number of ether oxygens (including phenoxy) is 1. The molecule has 2 aromatic rings. The highest BCUT2D eigenvalue weighted by Crippen LogP contribution is 2.39. The van der Waals surface area contributed by atoms with Crippen LogP contribution in [0.2, 0.25) is 0 Å². The molecule has 2 saturated heterocycles. The number of halogens is 3. The third-order valence-corrected chi connectivity index (χ3v) is 8.14. The average molecular weight is 541 g/mol. The van der Waals surface area contributed by atoms with E-state index in [1.807, 2.05) is 26.0 Å². The Morgan fingerprint density at radius 1 is 1.11 bits per heavy atom. The van der Waals surface area contributed by atoms with Crippen LogP contribution in [0.4, 0.5) is 13.2 Å². The molecule has 2 fully saturated rings. The number of aromatic nitrogens is 2. The van der Waals surface area contributed by atoms with E-state index in [1.54, 1.807) is 4.90 Å². The molecular formula is C25H31F3N4O4S. The molecule has 8 nitrogen and oxygen atoms in total. The monoisotopic (exact) mass is 540 g/mol. The Bertz CT molecular complexity index is 1250. The first-order valence-corrected chi connectivity index (χ1v) is 14.3. The van der Waals surface area contributed by atoms with Crippen molar-refractivity contribution in [2.24, 2.45) is 0 Å². The second kappa shape index (κ2) is 10.6. The Morgan fingerprint density at radius 3 is 2.46 bits per heavy atom. The number of fused-ring (bicyclic) bond motifs is 1. The van der Waals surface area contributed by atoms with Gasteiger partial charge in [-0.3, -0.25) is 9.69 Å². The predicted molar refractivity (Wildman–Crippen MR) is 131 cm³/mol. The molecule has 0 aliphatic carbocycles. The van der Waals surface area contributed by atoms with Crippen molar-refractivity contribution in [2.45, 2.75) is 51.4 Å². The van der Waals surface area contributed by atoms with Crippen LogP contribution in [0.1, 0.15) is 58.2 Å². The summed E-state index contributed by atoms with van der Waals surface area (Å²) in [6.45, 7) is 5.70. The minimum absolute atomic E-state index is 0.0425. The van der Waals surface area contributed by atoms with Crippen LogP contribution in [0.3, 0.4) is 0 Å². The summed E-state index contributed by atoms with van der Waals surface area (Å²) in [5.41, 5.74) is 3.31. The van der Waals surface area contributed by atoms with E-state index >= 15 is 0 Å². The second-order valence-corrected chi connectivity index (χ2v) is 12.0. The van der Waals surface area contributed by atoms with Gasteiger partial charge in [0.1, 0.15) is 12.4 Å². The number of alkyl halides is 3. The normalized spacial score (nSPS) is 21.0. The van der Waals surface area contributed by atoms with E-state index in [9.17, 15) is 26.4 Å². The first-order valence-electron chi connectivity index (χ1n) is 12.2. The van der Waals surface area contributed by atoms with Gasteiger partial charge in [0.05, 0.1) is 11.3 Å². The Labute approximate surface area is 214 Å². The van der Waals surface area contributed by atoms with Crippen molar-refractivity contribution in [1.29, 1.82) is 0 Å². The van der Waals surface area contributed by atoms with Crippen LogP contribution in [-0.2, 0) is 16.0 Å². The van der Waals surface area contributed by atoms with E-state index in [-0.39, 0.29) is 35.9 Å². The standard InChI is InChI=1S/C25H31F3N4O4S/c1-16-17(2)22(36-11-12-37(3,34)35)8-7-20(16)21-6-4-5-19-15-31(9-10-32(19)21)23(33)18-13-29-24(30-14-18)25(26,27)28/h7-8,13-14,19,21H,4-6,9-12,15H2,1-3H3/t19?,21-/m1/s1. The number of sulfone groups is 1. The van der Waals surface area contributed by atoms with Crippen LogP contribution in [0.15, 0.2) is 24.5 Å². The number of hydrogen-bond acceptors (Lipinski definition) is 7. The van der Waals surface area contributed by atoms with Crippen LogP contribution in [0.5, 0.6) is 5.75 Å². The van der Waals surface area contributed by atoms with Crippen molar-refractivity contribution in [1.82, 2.24) is 19.8 Å². The summed E-state index contributed by atoms with van der Waals surface area (Å²) >= 11 is 0. The van der Waals surface area contributed by atoms with Gasteiger partial charge in [-0.25, -0.2) is 18.4 Å². The van der Waals surface area contributed by atoms with Gasteiger partial charge in [0.25, 0.3) is 5.91 Å². The fraction of sp³-hybridized carbons (Fsp3) is 0.560. The number of amides is 1. The minimum atomic E-state index is -4.65. The number of benzene rings is 1. The van der Waals surface area contributed by atoms with Gasteiger partial charge >= 0.3 is 6.18 Å². The molecule has 2 atom stereocenters. The third kappa shape index (κ3) is 6.23. The Balaban J connectivity index is 1.45. The summed E-state index contributed by atoms with van der Waals surface area (Å²) in [5, 5.41) is 0. The van der Waals surface area contributed by atoms with Gasteiger partial charge < -0.3 is 9.64 Å². The lowest BCUT2D eigenvalue weighted by Crippen LogP contribution is -2.57. The van der Waals surface area contributed by atoms with E-state index in [1.165, 1.54) is 11.8 Å². The molecule has 202 valence electrons. The molecule has 2 aliphatic heterocycles. The van der Waals surface area contributed by atoms with E-state index in [4.69, 9.17) is 4.74 Å². The second-order valence-electron chi connectivity index (χ2n) is 9.76. The first-order chi connectivity index (χ1) is 17.3. The van der Waals surface area contributed by atoms with Gasteiger partial charge in [0.15, 0.2) is 9.84 Å². The number of carbonyl (C=O) groups is 1. The van der Waals surface area contributed by atoms with Gasteiger partial charge in [0, 0.05) is 50.4 Å². The van der Waals surface area contributed by atoms with Gasteiger partial charge in [-0.1, -0.05) is 6.07 Å². The lowest BCUT2D eigenvalue weighted by molar-refractivity contribution is -0.145. The van der Waals surface area contributed by atoms with Crippen LogP contribution in [0.25, 0.3) is 0 Å². The van der Waals surface area contributed by atoms with E-state index in [0.717, 1.165) is 42.8 Å². The van der Waals surface area contributed by atoms with Crippen molar-refractivity contribution < 1.29 is 31.1 Å². The minimum Gasteiger partial charge on any atom is -0.492 e. The molecule has 37 heavy (non-hydrogen) atoms. The highest BCUT2D eigenvalue weighted by molar-refractivity contribution is 7.90. The molecule has 2 aliphatic rings. The number of nitrogens with zero attached hydrogens (tertiary/aromatic N) is 4. The quantitative estimate of drug-likeness (QED) is 0.553. The van der Waals surface area contributed by atoms with Crippen molar-refractivity contribution in [3.05, 3.63) is 52.6 Å². The van der Waals surface area contributed by atoms with Gasteiger partial charge in [-0.2, -0.15) is 13.2 Å². The summed E-state index contributed by atoms with van der Waals surface area (Å²) < 4.78 is 66.8. The zero-order valence-corrected chi connectivity index (χ0v) is 21.9. The molecule has 1 amide bonds. The Morgan fingerprint density at radius 2 is 1.81 bits per heavy atom. The lowest BCUT2D eigenvalue weighted by atomic mass is 9.86. The number of piperazine rings is 1. The molecule has 0 bridgehead atoms.